The molecule has 1 saturated heterocycles. The number of carbonyl (C=O) groups is 1. The van der Waals surface area contributed by atoms with Crippen LogP contribution in [0, 0.1) is 17.8 Å². The molecule has 4 saturated carbocycles. The summed E-state index contributed by atoms with van der Waals surface area (Å²) in [6.45, 7) is 5.56. The summed E-state index contributed by atoms with van der Waals surface area (Å²) in [6, 6.07) is 7.49. The number of carbonyl (C=O) groups excluding carboxylic acids is 1. The molecule has 6 nitrogen and oxygen atoms in total. The van der Waals surface area contributed by atoms with Gasteiger partial charge in [0.05, 0.1) is 6.54 Å². The van der Waals surface area contributed by atoms with Gasteiger partial charge in [-0.25, -0.2) is 0 Å². The molecule has 1 amide bonds. The highest BCUT2D eigenvalue weighted by atomic mass is 32.1. The van der Waals surface area contributed by atoms with E-state index in [1.54, 1.807) is 17.4 Å². The van der Waals surface area contributed by atoms with Gasteiger partial charge in [-0.15, -0.1) is 11.3 Å². The minimum atomic E-state index is -0.319. The Kier molecular flexibility index (Phi) is 5.67. The van der Waals surface area contributed by atoms with Crippen LogP contribution in [0.3, 0.4) is 0 Å². The number of thiophene rings is 1. The highest BCUT2D eigenvalue weighted by Gasteiger charge is 2.53. The minimum Gasteiger partial charge on any atom is -0.347 e. The molecule has 4 bridgehead atoms. The van der Waals surface area contributed by atoms with E-state index < -0.39 is 0 Å². The van der Waals surface area contributed by atoms with Crippen molar-refractivity contribution < 1.29 is 4.79 Å². The molecular formula is C26H34N4O2S. The van der Waals surface area contributed by atoms with Crippen LogP contribution >= 0.6 is 11.3 Å². The molecule has 0 unspecified atom stereocenters. The Balaban J connectivity index is 1.04. The maximum absolute atomic E-state index is 12.6. The van der Waals surface area contributed by atoms with E-state index in [0.717, 1.165) is 61.0 Å². The van der Waals surface area contributed by atoms with Crippen molar-refractivity contribution in [2.45, 2.75) is 57.2 Å². The Bertz CT molecular complexity index is 1020. The molecule has 1 aliphatic heterocycles. The number of nitrogens with one attached hydrogen (secondary N) is 2. The summed E-state index contributed by atoms with van der Waals surface area (Å²) in [4.78, 5) is 34.3. The van der Waals surface area contributed by atoms with Crippen LogP contribution in [0.5, 0.6) is 0 Å². The van der Waals surface area contributed by atoms with Gasteiger partial charge in [0.1, 0.15) is 5.56 Å². The molecule has 4 aliphatic carbocycles. The molecule has 2 N–H and O–H groups in total. The number of hydrogen-bond donors (Lipinski definition) is 2. The fourth-order valence-corrected chi connectivity index (χ4v) is 8.18. The predicted molar refractivity (Wildman–Crippen MR) is 130 cm³/mol. The maximum atomic E-state index is 12.6. The molecule has 7 rings (SSSR count). The summed E-state index contributed by atoms with van der Waals surface area (Å²) >= 11 is 1.59. The third kappa shape index (κ3) is 4.31. The van der Waals surface area contributed by atoms with Crippen LogP contribution in [0.25, 0.3) is 0 Å². The van der Waals surface area contributed by atoms with Crippen molar-refractivity contribution in [3.63, 3.8) is 0 Å². The standard InChI is InChI=1S/C26H34N4O2S/c31-24(27-16-22-2-1-9-33-22)23-4-3-21(28-25(23)32)17-29-5-7-30(8-6-29)26-13-18-10-19(14-26)12-20(11-18)15-26/h1-4,9,18-20H,5-8,10-17H2,(H,27,31)(H,28,32). The number of aromatic nitrogens is 1. The predicted octanol–water partition coefficient (Wildman–Crippen LogP) is 3.45. The zero-order valence-corrected chi connectivity index (χ0v) is 20.0. The first kappa shape index (κ1) is 21.6. The summed E-state index contributed by atoms with van der Waals surface area (Å²) in [5, 5.41) is 4.82. The van der Waals surface area contributed by atoms with E-state index in [4.69, 9.17) is 0 Å². The van der Waals surface area contributed by atoms with Crippen molar-refractivity contribution >= 4 is 17.2 Å². The normalized spacial score (nSPS) is 31.7. The average Bonchev–Trinajstić information content (AvgIpc) is 3.31. The van der Waals surface area contributed by atoms with Gasteiger partial charge in [0.15, 0.2) is 0 Å². The second-order valence-corrected chi connectivity index (χ2v) is 11.9. The van der Waals surface area contributed by atoms with Crippen LogP contribution in [0.4, 0.5) is 0 Å². The molecule has 0 aromatic carbocycles. The number of amides is 1. The lowest BCUT2D eigenvalue weighted by atomic mass is 9.52. The summed E-state index contributed by atoms with van der Waals surface area (Å²) in [5.41, 5.74) is 1.26. The lowest BCUT2D eigenvalue weighted by Gasteiger charge is -2.61. The molecule has 0 spiro atoms. The Morgan fingerprint density at radius 1 is 1.03 bits per heavy atom. The second kappa shape index (κ2) is 8.67. The van der Waals surface area contributed by atoms with Gasteiger partial charge in [-0.05, 0) is 79.9 Å². The zero-order valence-electron chi connectivity index (χ0n) is 19.2. The van der Waals surface area contributed by atoms with Gasteiger partial charge in [0.2, 0.25) is 0 Å². The van der Waals surface area contributed by atoms with Crippen molar-refractivity contribution in [1.82, 2.24) is 20.1 Å². The highest BCUT2D eigenvalue weighted by molar-refractivity contribution is 7.09. The molecule has 176 valence electrons. The molecule has 0 atom stereocenters. The van der Waals surface area contributed by atoms with Crippen LogP contribution < -0.4 is 10.9 Å². The first-order valence-corrected chi connectivity index (χ1v) is 13.4. The number of nitrogens with zero attached hydrogens (tertiary/aromatic N) is 2. The monoisotopic (exact) mass is 466 g/mol. The van der Waals surface area contributed by atoms with Gasteiger partial charge in [-0.1, -0.05) is 6.07 Å². The van der Waals surface area contributed by atoms with Gasteiger partial charge < -0.3 is 10.3 Å². The van der Waals surface area contributed by atoms with E-state index in [1.165, 1.54) is 38.5 Å². The van der Waals surface area contributed by atoms with Gasteiger partial charge in [-0.2, -0.15) is 0 Å². The Morgan fingerprint density at radius 2 is 1.73 bits per heavy atom. The molecule has 2 aromatic heterocycles. The molecule has 2 aromatic rings. The third-order valence-electron chi connectivity index (χ3n) is 8.66. The fraction of sp³-hybridized carbons (Fsp3) is 0.615. The SMILES string of the molecule is O=C(NCc1cccs1)c1ccc(CN2CCN(C34CC5CC(CC(C5)C3)C4)CC2)[nH]c1=O. The Morgan fingerprint density at radius 3 is 2.33 bits per heavy atom. The lowest BCUT2D eigenvalue weighted by Crippen LogP contribution is -2.63. The van der Waals surface area contributed by atoms with E-state index in [-0.39, 0.29) is 17.0 Å². The van der Waals surface area contributed by atoms with E-state index in [1.807, 2.05) is 23.6 Å². The van der Waals surface area contributed by atoms with Crippen molar-refractivity contribution in [2.24, 2.45) is 17.8 Å². The molecule has 3 heterocycles. The summed E-state index contributed by atoms with van der Waals surface area (Å²) in [7, 11) is 0. The van der Waals surface area contributed by atoms with Crippen molar-refractivity contribution in [3.05, 3.63) is 56.1 Å². The fourth-order valence-electron chi connectivity index (χ4n) is 7.53. The number of rotatable bonds is 6. The van der Waals surface area contributed by atoms with Crippen LogP contribution in [-0.4, -0.2) is 52.4 Å². The van der Waals surface area contributed by atoms with Gasteiger partial charge in [0, 0.05) is 48.8 Å². The van der Waals surface area contributed by atoms with E-state index in [2.05, 4.69) is 20.1 Å². The van der Waals surface area contributed by atoms with Crippen molar-refractivity contribution in [2.75, 3.05) is 26.2 Å². The summed E-state index contributed by atoms with van der Waals surface area (Å²) in [6.07, 6.45) is 8.78. The van der Waals surface area contributed by atoms with Gasteiger partial charge in [0.25, 0.3) is 11.5 Å². The molecule has 0 radical (unpaired) electrons. The largest absolute Gasteiger partial charge is 0.347 e. The van der Waals surface area contributed by atoms with E-state index in [0.29, 0.717) is 12.1 Å². The van der Waals surface area contributed by atoms with Crippen LogP contribution in [0.1, 0.15) is 59.5 Å². The smallest absolute Gasteiger partial charge is 0.261 e. The highest BCUT2D eigenvalue weighted by Crippen LogP contribution is 2.57. The number of aromatic amines is 1. The second-order valence-electron chi connectivity index (χ2n) is 10.9. The van der Waals surface area contributed by atoms with Gasteiger partial charge >= 0.3 is 0 Å². The number of hydrogen-bond acceptors (Lipinski definition) is 5. The van der Waals surface area contributed by atoms with Gasteiger partial charge in [-0.3, -0.25) is 19.4 Å². The third-order valence-corrected chi connectivity index (χ3v) is 9.54. The minimum absolute atomic E-state index is 0.182. The maximum Gasteiger partial charge on any atom is 0.261 e. The first-order valence-electron chi connectivity index (χ1n) is 12.6. The quantitative estimate of drug-likeness (QED) is 0.684. The molecule has 33 heavy (non-hydrogen) atoms. The molecule has 5 fully saturated rings. The van der Waals surface area contributed by atoms with Crippen molar-refractivity contribution in [1.29, 1.82) is 0 Å². The zero-order chi connectivity index (χ0) is 22.4. The first-order chi connectivity index (χ1) is 16.1. The average molecular weight is 467 g/mol. The lowest BCUT2D eigenvalue weighted by molar-refractivity contribution is -0.102. The molecular weight excluding hydrogens is 432 g/mol. The van der Waals surface area contributed by atoms with E-state index >= 15 is 0 Å². The number of pyridine rings is 1. The van der Waals surface area contributed by atoms with Crippen molar-refractivity contribution in [3.8, 4) is 0 Å². The Labute approximate surface area is 199 Å². The molecule has 7 heteroatoms. The summed E-state index contributed by atoms with van der Waals surface area (Å²) < 4.78 is 0. The van der Waals surface area contributed by atoms with Crippen LogP contribution in [0.15, 0.2) is 34.4 Å². The topological polar surface area (TPSA) is 68.4 Å². The molecule has 5 aliphatic rings. The van der Waals surface area contributed by atoms with Crippen LogP contribution in [-0.2, 0) is 13.1 Å². The van der Waals surface area contributed by atoms with E-state index in [9.17, 15) is 9.59 Å². The number of H-pyrrole nitrogens is 1. The summed E-state index contributed by atoms with van der Waals surface area (Å²) in [5.74, 6) is 2.64. The Hall–Kier alpha value is -1.96. The number of piperazine rings is 1. The van der Waals surface area contributed by atoms with Crippen LogP contribution in [0.2, 0.25) is 0 Å².